The fourth-order valence-corrected chi connectivity index (χ4v) is 4.62. The molecule has 1 aliphatic rings. The Morgan fingerprint density at radius 2 is 1.93 bits per heavy atom. The second-order valence-corrected chi connectivity index (χ2v) is 8.45. The van der Waals surface area contributed by atoms with Crippen molar-refractivity contribution in [3.8, 4) is 11.8 Å². The summed E-state index contributed by atoms with van der Waals surface area (Å²) in [5, 5.41) is 16.5. The van der Waals surface area contributed by atoms with Crippen LogP contribution in [-0.4, -0.2) is 43.0 Å². The van der Waals surface area contributed by atoms with Gasteiger partial charge in [0.15, 0.2) is 0 Å². The number of aryl methyl sites for hydroxylation is 2. The van der Waals surface area contributed by atoms with Crippen LogP contribution in [0.4, 0.5) is 11.5 Å². The minimum absolute atomic E-state index is 0.0752. The van der Waals surface area contributed by atoms with Gasteiger partial charge in [-0.1, -0.05) is 18.2 Å². The molecule has 1 aromatic carbocycles. The SMILES string of the molecule is Cc1cc(Oc2ncnc(N3CCC(Sc4ccccc4)CC3)c2[N+](=O)[O-])n(C)n1. The zero-order chi connectivity index (χ0) is 21.1. The summed E-state index contributed by atoms with van der Waals surface area (Å²) in [7, 11) is 1.71. The summed E-state index contributed by atoms with van der Waals surface area (Å²) in [6.07, 6.45) is 3.14. The number of ether oxygens (including phenoxy) is 1. The van der Waals surface area contributed by atoms with Crippen molar-refractivity contribution in [1.29, 1.82) is 0 Å². The van der Waals surface area contributed by atoms with Crippen LogP contribution in [0, 0.1) is 17.0 Å². The van der Waals surface area contributed by atoms with Gasteiger partial charge in [0.1, 0.15) is 6.33 Å². The maximum absolute atomic E-state index is 11.9. The van der Waals surface area contributed by atoms with Crippen molar-refractivity contribution in [3.63, 3.8) is 0 Å². The molecule has 2 aromatic heterocycles. The minimum Gasteiger partial charge on any atom is -0.415 e. The smallest absolute Gasteiger partial charge is 0.373 e. The molecule has 1 fully saturated rings. The zero-order valence-corrected chi connectivity index (χ0v) is 17.6. The molecule has 1 aliphatic heterocycles. The largest absolute Gasteiger partial charge is 0.415 e. The Bertz CT molecular complexity index is 1030. The number of nitrogens with zero attached hydrogens (tertiary/aromatic N) is 6. The molecule has 4 rings (SSSR count). The maximum Gasteiger partial charge on any atom is 0.373 e. The van der Waals surface area contributed by atoms with Crippen molar-refractivity contribution in [2.75, 3.05) is 18.0 Å². The van der Waals surface area contributed by atoms with Gasteiger partial charge < -0.3 is 9.64 Å². The third-order valence-corrected chi connectivity index (χ3v) is 6.25. The number of hydrogen-bond acceptors (Lipinski definition) is 8. The Morgan fingerprint density at radius 3 is 2.57 bits per heavy atom. The van der Waals surface area contributed by atoms with E-state index in [0.29, 0.717) is 30.0 Å². The first-order valence-electron chi connectivity index (χ1n) is 9.66. The number of piperidine rings is 1. The Balaban J connectivity index is 1.51. The average molecular weight is 427 g/mol. The predicted molar refractivity (Wildman–Crippen MR) is 114 cm³/mol. The average Bonchev–Trinajstić information content (AvgIpc) is 3.05. The van der Waals surface area contributed by atoms with Crippen LogP contribution in [0.1, 0.15) is 18.5 Å². The van der Waals surface area contributed by atoms with E-state index >= 15 is 0 Å². The number of rotatable bonds is 6. The molecule has 3 heterocycles. The molecule has 0 radical (unpaired) electrons. The number of benzene rings is 1. The number of thioether (sulfide) groups is 1. The lowest BCUT2D eigenvalue weighted by Gasteiger charge is -2.32. The van der Waals surface area contributed by atoms with Crippen LogP contribution in [0.25, 0.3) is 0 Å². The van der Waals surface area contributed by atoms with E-state index in [1.165, 1.54) is 15.9 Å². The van der Waals surface area contributed by atoms with Gasteiger partial charge in [0.05, 0.1) is 10.6 Å². The van der Waals surface area contributed by atoms with Gasteiger partial charge in [-0.25, -0.2) is 9.67 Å². The number of hydrogen-bond donors (Lipinski definition) is 0. The van der Waals surface area contributed by atoms with Gasteiger partial charge in [0.2, 0.25) is 11.7 Å². The molecular weight excluding hydrogens is 404 g/mol. The molecule has 30 heavy (non-hydrogen) atoms. The summed E-state index contributed by atoms with van der Waals surface area (Å²) in [6.45, 7) is 3.20. The molecule has 0 aliphatic carbocycles. The summed E-state index contributed by atoms with van der Waals surface area (Å²) in [5.74, 6) is 0.610. The standard InChI is InChI=1S/C20H22N6O3S/c1-14-12-17(24(2)23-14)29-20-18(26(27)28)19(21-13-22-20)25-10-8-16(9-11-25)30-15-6-4-3-5-7-15/h3-7,12-13,16H,8-11H2,1-2H3. The molecule has 1 saturated heterocycles. The van der Waals surface area contributed by atoms with Crippen molar-refractivity contribution in [1.82, 2.24) is 19.7 Å². The van der Waals surface area contributed by atoms with E-state index in [2.05, 4.69) is 27.2 Å². The molecule has 0 N–H and O–H groups in total. The molecule has 0 saturated carbocycles. The first-order valence-corrected chi connectivity index (χ1v) is 10.5. The van der Waals surface area contributed by atoms with Gasteiger partial charge in [-0.05, 0) is 31.9 Å². The molecule has 156 valence electrons. The van der Waals surface area contributed by atoms with E-state index in [9.17, 15) is 10.1 Å². The number of anilines is 1. The maximum atomic E-state index is 11.9. The van der Waals surface area contributed by atoms with Crippen molar-refractivity contribution < 1.29 is 9.66 Å². The van der Waals surface area contributed by atoms with Crippen LogP contribution in [0.2, 0.25) is 0 Å². The quantitative estimate of drug-likeness (QED) is 0.431. The van der Waals surface area contributed by atoms with Gasteiger partial charge in [-0.3, -0.25) is 10.1 Å². The van der Waals surface area contributed by atoms with Crippen molar-refractivity contribution in [2.45, 2.75) is 29.9 Å². The number of aromatic nitrogens is 4. The Labute approximate surface area is 178 Å². The topological polar surface area (TPSA) is 99.2 Å². The molecule has 0 spiro atoms. The molecule has 0 atom stereocenters. The van der Waals surface area contributed by atoms with Crippen molar-refractivity contribution in [3.05, 3.63) is 58.5 Å². The van der Waals surface area contributed by atoms with Crippen LogP contribution >= 0.6 is 11.8 Å². The van der Waals surface area contributed by atoms with E-state index in [-0.39, 0.29) is 11.6 Å². The fraction of sp³-hybridized carbons (Fsp3) is 0.350. The van der Waals surface area contributed by atoms with Crippen LogP contribution in [-0.2, 0) is 7.05 Å². The van der Waals surface area contributed by atoms with Crippen LogP contribution < -0.4 is 9.64 Å². The van der Waals surface area contributed by atoms with Gasteiger partial charge in [-0.2, -0.15) is 10.1 Å². The molecule has 9 nitrogen and oxygen atoms in total. The third-order valence-electron chi connectivity index (χ3n) is 4.90. The van der Waals surface area contributed by atoms with Crippen LogP contribution in [0.5, 0.6) is 11.8 Å². The normalized spacial score (nSPS) is 14.7. The first-order chi connectivity index (χ1) is 14.5. The summed E-state index contributed by atoms with van der Waals surface area (Å²) in [5.41, 5.74) is 0.535. The first kappa shape index (κ1) is 20.1. The van der Waals surface area contributed by atoms with Crippen molar-refractivity contribution in [2.24, 2.45) is 7.05 Å². The second kappa shape index (κ2) is 8.70. The van der Waals surface area contributed by atoms with Gasteiger partial charge in [0, 0.05) is 36.3 Å². The van der Waals surface area contributed by atoms with E-state index < -0.39 is 4.92 Å². The van der Waals surface area contributed by atoms with E-state index in [4.69, 9.17) is 4.74 Å². The summed E-state index contributed by atoms with van der Waals surface area (Å²) >= 11 is 1.85. The highest BCUT2D eigenvalue weighted by atomic mass is 32.2. The van der Waals surface area contributed by atoms with Gasteiger partial charge >= 0.3 is 11.6 Å². The monoisotopic (exact) mass is 426 g/mol. The summed E-state index contributed by atoms with van der Waals surface area (Å²) < 4.78 is 7.25. The highest BCUT2D eigenvalue weighted by Gasteiger charge is 2.31. The van der Waals surface area contributed by atoms with Crippen molar-refractivity contribution >= 4 is 23.3 Å². The minimum atomic E-state index is -0.474. The predicted octanol–water partition coefficient (Wildman–Crippen LogP) is 3.98. The Morgan fingerprint density at radius 1 is 1.20 bits per heavy atom. The molecule has 0 amide bonds. The van der Waals surface area contributed by atoms with Gasteiger partial charge in [-0.15, -0.1) is 11.8 Å². The molecule has 0 bridgehead atoms. The lowest BCUT2D eigenvalue weighted by Crippen LogP contribution is -2.35. The molecule has 0 unspecified atom stereocenters. The van der Waals surface area contributed by atoms with E-state index in [1.807, 2.05) is 41.8 Å². The highest BCUT2D eigenvalue weighted by Crippen LogP contribution is 2.38. The number of nitro groups is 1. The summed E-state index contributed by atoms with van der Waals surface area (Å²) in [6, 6.07) is 12.0. The van der Waals surface area contributed by atoms with Gasteiger partial charge in [0.25, 0.3) is 0 Å². The Kier molecular flexibility index (Phi) is 5.84. The fourth-order valence-electron chi connectivity index (χ4n) is 3.48. The second-order valence-electron chi connectivity index (χ2n) is 7.08. The zero-order valence-electron chi connectivity index (χ0n) is 16.8. The lowest BCUT2D eigenvalue weighted by molar-refractivity contribution is -0.385. The molecule has 10 heteroatoms. The highest BCUT2D eigenvalue weighted by molar-refractivity contribution is 8.00. The molecule has 3 aromatic rings. The Hall–Kier alpha value is -3.14. The van der Waals surface area contributed by atoms with Crippen LogP contribution in [0.15, 0.2) is 47.6 Å². The summed E-state index contributed by atoms with van der Waals surface area (Å²) in [4.78, 5) is 22.8. The van der Waals surface area contributed by atoms with Crippen LogP contribution in [0.3, 0.4) is 0 Å². The van der Waals surface area contributed by atoms with E-state index in [0.717, 1.165) is 18.5 Å². The third kappa shape index (κ3) is 4.38. The molecular formula is C20H22N6O3S. The lowest BCUT2D eigenvalue weighted by atomic mass is 10.1. The van der Waals surface area contributed by atoms with E-state index in [1.54, 1.807) is 13.1 Å².